The molecule has 4 N–H and O–H groups in total. The van der Waals surface area contributed by atoms with Gasteiger partial charge in [0, 0.05) is 19.0 Å². The highest BCUT2D eigenvalue weighted by Gasteiger charge is 2.21. The van der Waals surface area contributed by atoms with Crippen molar-refractivity contribution in [2.75, 3.05) is 12.4 Å². The van der Waals surface area contributed by atoms with E-state index in [9.17, 15) is 9.59 Å². The lowest BCUT2D eigenvalue weighted by Crippen LogP contribution is -2.36. The maximum atomic E-state index is 11.3. The molecule has 7 nitrogen and oxygen atoms in total. The van der Waals surface area contributed by atoms with Gasteiger partial charge in [-0.05, 0) is 26.0 Å². The molecule has 0 aromatic carbocycles. The predicted octanol–water partition coefficient (Wildman–Crippen LogP) is -0.0979. The van der Waals surface area contributed by atoms with E-state index in [1.165, 1.54) is 7.05 Å². The van der Waals surface area contributed by atoms with Crippen LogP contribution >= 0.6 is 0 Å². The number of primary amides is 1. The second-order valence-electron chi connectivity index (χ2n) is 4.53. The Morgan fingerprint density at radius 2 is 2.00 bits per heavy atom. The van der Waals surface area contributed by atoms with Crippen molar-refractivity contribution in [3.8, 4) is 0 Å². The van der Waals surface area contributed by atoms with Crippen molar-refractivity contribution in [1.82, 2.24) is 15.5 Å². The molecule has 0 aliphatic rings. The molecule has 18 heavy (non-hydrogen) atoms. The number of nitrogens with one attached hydrogen (secondary N) is 2. The van der Waals surface area contributed by atoms with Crippen LogP contribution in [0.15, 0.2) is 12.1 Å². The molecule has 1 aromatic rings. The predicted molar refractivity (Wildman–Crippen MR) is 66.9 cm³/mol. The number of rotatable bonds is 5. The van der Waals surface area contributed by atoms with E-state index in [0.717, 1.165) is 0 Å². The van der Waals surface area contributed by atoms with Crippen LogP contribution in [0.5, 0.6) is 0 Å². The molecule has 0 aliphatic carbocycles. The van der Waals surface area contributed by atoms with Crippen LogP contribution in [0, 0.1) is 0 Å². The molecule has 2 amide bonds. The standard InChI is InChI=1S/C11H17N5O2/c1-11(2,6-8(12)17)14-9-5-4-7(15-16-9)10(18)13-3/h4-5H,6H2,1-3H3,(H2,12,17)(H,13,18)(H,14,16). The third-order valence-electron chi connectivity index (χ3n) is 2.21. The Morgan fingerprint density at radius 3 is 2.44 bits per heavy atom. The average Bonchev–Trinajstić information content (AvgIpc) is 2.26. The first-order valence-electron chi connectivity index (χ1n) is 5.46. The summed E-state index contributed by atoms with van der Waals surface area (Å²) in [7, 11) is 1.52. The number of aromatic nitrogens is 2. The van der Waals surface area contributed by atoms with E-state index in [2.05, 4.69) is 20.8 Å². The summed E-state index contributed by atoms with van der Waals surface area (Å²) in [6, 6.07) is 3.18. The lowest BCUT2D eigenvalue weighted by atomic mass is 10.0. The lowest BCUT2D eigenvalue weighted by Gasteiger charge is -2.24. The summed E-state index contributed by atoms with van der Waals surface area (Å²) < 4.78 is 0. The summed E-state index contributed by atoms with van der Waals surface area (Å²) in [6.07, 6.45) is 0.172. The molecule has 1 heterocycles. The first kappa shape index (κ1) is 13.9. The molecule has 0 saturated heterocycles. The zero-order valence-electron chi connectivity index (χ0n) is 10.7. The van der Waals surface area contributed by atoms with E-state index in [1.54, 1.807) is 12.1 Å². The highest BCUT2D eigenvalue weighted by Crippen LogP contribution is 2.15. The molecule has 0 unspecified atom stereocenters. The van der Waals surface area contributed by atoms with Crippen molar-refractivity contribution >= 4 is 17.6 Å². The number of hydrogen-bond donors (Lipinski definition) is 3. The maximum Gasteiger partial charge on any atom is 0.271 e. The second-order valence-corrected chi connectivity index (χ2v) is 4.53. The Morgan fingerprint density at radius 1 is 1.33 bits per heavy atom. The molecule has 1 aromatic heterocycles. The van der Waals surface area contributed by atoms with Crippen LogP contribution in [0.3, 0.4) is 0 Å². The Bertz CT molecular complexity index is 441. The average molecular weight is 251 g/mol. The van der Waals surface area contributed by atoms with Gasteiger partial charge < -0.3 is 16.4 Å². The van der Waals surface area contributed by atoms with Crippen molar-refractivity contribution in [2.45, 2.75) is 25.8 Å². The Kier molecular flexibility index (Phi) is 4.19. The zero-order valence-corrected chi connectivity index (χ0v) is 10.7. The van der Waals surface area contributed by atoms with E-state index in [4.69, 9.17) is 5.73 Å². The number of nitrogens with two attached hydrogens (primary N) is 1. The third kappa shape index (κ3) is 4.00. The zero-order chi connectivity index (χ0) is 13.8. The van der Waals surface area contributed by atoms with Gasteiger partial charge in [-0.25, -0.2) is 0 Å². The second kappa shape index (κ2) is 5.44. The molecule has 1 rings (SSSR count). The van der Waals surface area contributed by atoms with E-state index >= 15 is 0 Å². The number of anilines is 1. The van der Waals surface area contributed by atoms with E-state index in [0.29, 0.717) is 5.82 Å². The maximum absolute atomic E-state index is 11.3. The van der Waals surface area contributed by atoms with E-state index in [-0.39, 0.29) is 18.0 Å². The Hall–Kier alpha value is -2.18. The van der Waals surface area contributed by atoms with Crippen LogP contribution in [0.2, 0.25) is 0 Å². The summed E-state index contributed by atoms with van der Waals surface area (Å²) in [5, 5.41) is 13.1. The highest BCUT2D eigenvalue weighted by molar-refractivity contribution is 5.91. The van der Waals surface area contributed by atoms with Crippen LogP contribution in [0.25, 0.3) is 0 Å². The summed E-state index contributed by atoms with van der Waals surface area (Å²) in [4.78, 5) is 22.1. The fourth-order valence-corrected chi connectivity index (χ4v) is 1.47. The number of carbonyl (C=O) groups is 2. The molecule has 0 saturated carbocycles. The third-order valence-corrected chi connectivity index (χ3v) is 2.21. The van der Waals surface area contributed by atoms with E-state index < -0.39 is 11.4 Å². The fourth-order valence-electron chi connectivity index (χ4n) is 1.47. The molecule has 0 aliphatic heterocycles. The first-order valence-corrected chi connectivity index (χ1v) is 5.46. The van der Waals surface area contributed by atoms with Crippen LogP contribution in [-0.2, 0) is 4.79 Å². The Labute approximate surface area is 105 Å². The van der Waals surface area contributed by atoms with Crippen molar-refractivity contribution < 1.29 is 9.59 Å². The number of hydrogen-bond acceptors (Lipinski definition) is 5. The van der Waals surface area contributed by atoms with Gasteiger partial charge in [-0.3, -0.25) is 9.59 Å². The largest absolute Gasteiger partial charge is 0.370 e. The number of amides is 2. The summed E-state index contributed by atoms with van der Waals surface area (Å²) in [6.45, 7) is 3.65. The number of carbonyl (C=O) groups excluding carboxylic acids is 2. The number of nitrogens with zero attached hydrogens (tertiary/aromatic N) is 2. The summed E-state index contributed by atoms with van der Waals surface area (Å²) >= 11 is 0. The van der Waals surface area contributed by atoms with Crippen LogP contribution in [-0.4, -0.2) is 34.6 Å². The van der Waals surface area contributed by atoms with Crippen LogP contribution in [0.4, 0.5) is 5.82 Å². The molecule has 0 radical (unpaired) electrons. The first-order chi connectivity index (χ1) is 8.34. The minimum Gasteiger partial charge on any atom is -0.370 e. The van der Waals surface area contributed by atoms with Gasteiger partial charge in [0.15, 0.2) is 5.69 Å². The van der Waals surface area contributed by atoms with Gasteiger partial charge in [0.1, 0.15) is 5.82 Å². The topological polar surface area (TPSA) is 110 Å². The Balaban J connectivity index is 2.74. The van der Waals surface area contributed by atoms with Crippen LogP contribution in [0.1, 0.15) is 30.8 Å². The van der Waals surface area contributed by atoms with Crippen molar-refractivity contribution in [3.05, 3.63) is 17.8 Å². The van der Waals surface area contributed by atoms with Crippen molar-refractivity contribution in [1.29, 1.82) is 0 Å². The van der Waals surface area contributed by atoms with E-state index in [1.807, 2.05) is 13.8 Å². The smallest absolute Gasteiger partial charge is 0.271 e. The van der Waals surface area contributed by atoms with Gasteiger partial charge in [-0.2, -0.15) is 0 Å². The monoisotopic (exact) mass is 251 g/mol. The highest BCUT2D eigenvalue weighted by atomic mass is 16.2. The minimum absolute atomic E-state index is 0.172. The summed E-state index contributed by atoms with van der Waals surface area (Å²) in [5.74, 6) is -0.221. The quantitative estimate of drug-likeness (QED) is 0.677. The van der Waals surface area contributed by atoms with Gasteiger partial charge in [0.2, 0.25) is 5.91 Å². The van der Waals surface area contributed by atoms with Gasteiger partial charge >= 0.3 is 0 Å². The lowest BCUT2D eigenvalue weighted by molar-refractivity contribution is -0.118. The molecule has 0 fully saturated rings. The molecular formula is C11H17N5O2. The van der Waals surface area contributed by atoms with Gasteiger partial charge in [-0.1, -0.05) is 0 Å². The normalized spacial score (nSPS) is 10.8. The molecule has 0 spiro atoms. The molecule has 7 heteroatoms. The minimum atomic E-state index is -0.519. The van der Waals surface area contributed by atoms with Gasteiger partial charge in [0.05, 0.1) is 0 Å². The van der Waals surface area contributed by atoms with Crippen molar-refractivity contribution in [2.24, 2.45) is 5.73 Å². The fraction of sp³-hybridized carbons (Fsp3) is 0.455. The molecule has 0 bridgehead atoms. The molecular weight excluding hydrogens is 234 g/mol. The summed E-state index contributed by atoms with van der Waals surface area (Å²) in [5.41, 5.74) is 4.86. The van der Waals surface area contributed by atoms with Gasteiger partial charge in [-0.15, -0.1) is 10.2 Å². The SMILES string of the molecule is CNC(=O)c1ccc(NC(C)(C)CC(N)=O)nn1. The molecule has 98 valence electrons. The van der Waals surface area contributed by atoms with Crippen LogP contribution < -0.4 is 16.4 Å². The van der Waals surface area contributed by atoms with Crippen molar-refractivity contribution in [3.63, 3.8) is 0 Å². The molecule has 0 atom stereocenters. The van der Waals surface area contributed by atoms with Gasteiger partial charge in [0.25, 0.3) is 5.91 Å².